The van der Waals surface area contributed by atoms with E-state index in [2.05, 4.69) is 16.3 Å². The molecule has 1 aliphatic carbocycles. The number of carbonyl (C=O) groups excluding carboxylic acids is 1. The fourth-order valence-electron chi connectivity index (χ4n) is 5.22. The van der Waals surface area contributed by atoms with Crippen LogP contribution in [0, 0.1) is 5.41 Å². The lowest BCUT2D eigenvalue weighted by atomic mass is 9.77. The molecule has 162 valence electrons. The minimum Gasteiger partial charge on any atom is -0.494 e. The number of thiazole rings is 1. The highest BCUT2D eigenvalue weighted by Gasteiger charge is 2.38. The Kier molecular flexibility index (Phi) is 5.45. The number of carbonyl (C=O) groups is 1. The highest BCUT2D eigenvalue weighted by molar-refractivity contribution is 7.23. The standard InChI is InChI=1S/C22H30N4O3S/c1-28-17-5-4-16(25-12-14-29-15-13-25)19-18(17)23-20(30-19)24-21(27)26-10-8-22(9-11-26)6-2-3-7-22/h4-5H,2-3,6-15H2,1H3,(H,23,24,27). The molecule has 1 aromatic heterocycles. The molecule has 1 N–H and O–H groups in total. The molecule has 2 amide bonds. The molecule has 0 bridgehead atoms. The van der Waals surface area contributed by atoms with E-state index in [0.29, 0.717) is 10.5 Å². The van der Waals surface area contributed by atoms with Crippen LogP contribution in [0.3, 0.4) is 0 Å². The van der Waals surface area contributed by atoms with Gasteiger partial charge in [-0.05, 0) is 43.2 Å². The molecular weight excluding hydrogens is 400 g/mol. The van der Waals surface area contributed by atoms with Gasteiger partial charge in [-0.3, -0.25) is 5.32 Å². The number of piperidine rings is 1. The molecule has 3 heterocycles. The van der Waals surface area contributed by atoms with Crippen molar-refractivity contribution in [1.82, 2.24) is 9.88 Å². The van der Waals surface area contributed by atoms with Gasteiger partial charge >= 0.3 is 6.03 Å². The second kappa shape index (κ2) is 8.23. The number of nitrogens with zero attached hydrogens (tertiary/aromatic N) is 3. The molecule has 1 saturated carbocycles. The number of nitrogens with one attached hydrogen (secondary N) is 1. The number of benzene rings is 1. The van der Waals surface area contributed by atoms with Crippen LogP contribution in [0.1, 0.15) is 38.5 Å². The molecule has 2 aliphatic heterocycles. The van der Waals surface area contributed by atoms with Crippen molar-refractivity contribution in [2.24, 2.45) is 5.41 Å². The Morgan fingerprint density at radius 3 is 2.57 bits per heavy atom. The number of morpholine rings is 1. The summed E-state index contributed by atoms with van der Waals surface area (Å²) in [5.74, 6) is 0.736. The number of fused-ring (bicyclic) bond motifs is 1. The van der Waals surface area contributed by atoms with Gasteiger partial charge in [0.15, 0.2) is 5.13 Å². The van der Waals surface area contributed by atoms with E-state index in [1.54, 1.807) is 7.11 Å². The molecule has 8 heteroatoms. The van der Waals surface area contributed by atoms with E-state index < -0.39 is 0 Å². The number of likely N-dealkylation sites (tertiary alicyclic amines) is 1. The van der Waals surface area contributed by atoms with Crippen LogP contribution < -0.4 is 15.0 Å². The molecular formula is C22H30N4O3S. The smallest absolute Gasteiger partial charge is 0.323 e. The lowest BCUT2D eigenvalue weighted by Gasteiger charge is -2.39. The molecule has 3 fully saturated rings. The molecule has 0 unspecified atom stereocenters. The summed E-state index contributed by atoms with van der Waals surface area (Å²) >= 11 is 1.53. The van der Waals surface area contributed by atoms with Crippen molar-refractivity contribution in [2.75, 3.05) is 56.7 Å². The Balaban J connectivity index is 1.33. The number of hydrogen-bond acceptors (Lipinski definition) is 6. The number of rotatable bonds is 3. The van der Waals surface area contributed by atoms with Gasteiger partial charge in [0.05, 0.1) is 30.7 Å². The van der Waals surface area contributed by atoms with Crippen molar-refractivity contribution in [3.05, 3.63) is 12.1 Å². The Morgan fingerprint density at radius 1 is 1.13 bits per heavy atom. The Hall–Kier alpha value is -2.06. The van der Waals surface area contributed by atoms with Crippen molar-refractivity contribution in [1.29, 1.82) is 0 Å². The summed E-state index contributed by atoms with van der Waals surface area (Å²) in [4.78, 5) is 21.9. The van der Waals surface area contributed by atoms with E-state index in [9.17, 15) is 4.79 Å². The molecule has 0 atom stereocenters. The molecule has 7 nitrogen and oxygen atoms in total. The van der Waals surface area contributed by atoms with E-state index in [1.165, 1.54) is 37.0 Å². The third kappa shape index (κ3) is 3.71. The van der Waals surface area contributed by atoms with Crippen molar-refractivity contribution in [3.8, 4) is 5.75 Å². The van der Waals surface area contributed by atoms with Crippen molar-refractivity contribution >= 4 is 38.4 Å². The van der Waals surface area contributed by atoms with Crippen LogP contribution in [0.15, 0.2) is 12.1 Å². The maximum Gasteiger partial charge on any atom is 0.323 e. The van der Waals surface area contributed by atoms with Crippen LogP contribution in [0.5, 0.6) is 5.75 Å². The molecule has 2 aromatic rings. The second-order valence-corrected chi connectivity index (χ2v) is 9.71. The normalized spacial score (nSPS) is 21.4. The Bertz CT molecular complexity index is 908. The quantitative estimate of drug-likeness (QED) is 0.785. The first-order chi connectivity index (χ1) is 14.7. The van der Waals surface area contributed by atoms with E-state index in [1.807, 2.05) is 11.0 Å². The third-order valence-corrected chi connectivity index (χ3v) is 8.04. The van der Waals surface area contributed by atoms with E-state index in [-0.39, 0.29) is 6.03 Å². The average molecular weight is 431 g/mol. The minimum absolute atomic E-state index is 0.0335. The first kappa shape index (κ1) is 19.9. The predicted octanol–water partition coefficient (Wildman–Crippen LogP) is 4.33. The number of urea groups is 1. The van der Waals surface area contributed by atoms with Crippen molar-refractivity contribution < 1.29 is 14.3 Å². The van der Waals surface area contributed by atoms with Gasteiger partial charge in [0, 0.05) is 26.2 Å². The van der Waals surface area contributed by atoms with Gasteiger partial charge in [-0.1, -0.05) is 24.2 Å². The zero-order chi connectivity index (χ0) is 20.6. The maximum absolute atomic E-state index is 12.9. The maximum atomic E-state index is 12.9. The molecule has 30 heavy (non-hydrogen) atoms. The van der Waals surface area contributed by atoms with Crippen LogP contribution in [0.25, 0.3) is 10.2 Å². The molecule has 2 saturated heterocycles. The van der Waals surface area contributed by atoms with Crippen molar-refractivity contribution in [2.45, 2.75) is 38.5 Å². The summed E-state index contributed by atoms with van der Waals surface area (Å²) in [5, 5.41) is 3.69. The fraction of sp³-hybridized carbons (Fsp3) is 0.636. The second-order valence-electron chi connectivity index (χ2n) is 8.71. The summed E-state index contributed by atoms with van der Waals surface area (Å²) in [7, 11) is 1.66. The van der Waals surface area contributed by atoms with Gasteiger partial charge in [-0.25, -0.2) is 9.78 Å². The number of anilines is 2. The van der Waals surface area contributed by atoms with Gasteiger partial charge in [-0.2, -0.15) is 0 Å². The highest BCUT2D eigenvalue weighted by atomic mass is 32.1. The van der Waals surface area contributed by atoms with E-state index >= 15 is 0 Å². The fourth-order valence-corrected chi connectivity index (χ4v) is 6.23. The van der Waals surface area contributed by atoms with Gasteiger partial charge in [0.1, 0.15) is 11.3 Å². The van der Waals surface area contributed by atoms with Crippen LogP contribution in [-0.4, -0.2) is 62.4 Å². The van der Waals surface area contributed by atoms with Gasteiger partial charge in [-0.15, -0.1) is 0 Å². The average Bonchev–Trinajstić information content (AvgIpc) is 3.41. The van der Waals surface area contributed by atoms with E-state index in [0.717, 1.165) is 73.9 Å². The Labute approximate surface area is 181 Å². The number of ether oxygens (including phenoxy) is 2. The first-order valence-corrected chi connectivity index (χ1v) is 11.9. The van der Waals surface area contributed by atoms with Crippen LogP contribution >= 0.6 is 11.3 Å². The summed E-state index contributed by atoms with van der Waals surface area (Å²) in [6, 6.07) is 4.01. The zero-order valence-electron chi connectivity index (χ0n) is 17.6. The summed E-state index contributed by atoms with van der Waals surface area (Å²) in [6.07, 6.45) is 7.65. The number of hydrogen-bond donors (Lipinski definition) is 1. The number of amides is 2. The zero-order valence-corrected chi connectivity index (χ0v) is 18.4. The molecule has 3 aliphatic rings. The molecule has 0 radical (unpaired) electrons. The SMILES string of the molecule is COc1ccc(N2CCOCC2)c2sc(NC(=O)N3CCC4(CCCC4)CC3)nc12. The van der Waals surface area contributed by atoms with E-state index in [4.69, 9.17) is 14.5 Å². The third-order valence-electron chi connectivity index (χ3n) is 7.05. The van der Waals surface area contributed by atoms with Crippen LogP contribution in [0.4, 0.5) is 15.6 Å². The van der Waals surface area contributed by atoms with Gasteiger partial charge < -0.3 is 19.3 Å². The summed E-state index contributed by atoms with van der Waals surface area (Å²) in [6.45, 7) is 4.87. The van der Waals surface area contributed by atoms with Crippen LogP contribution in [0.2, 0.25) is 0 Å². The largest absolute Gasteiger partial charge is 0.494 e. The minimum atomic E-state index is -0.0335. The molecule has 1 spiro atoms. The Morgan fingerprint density at radius 2 is 1.87 bits per heavy atom. The number of aromatic nitrogens is 1. The lowest BCUT2D eigenvalue weighted by Crippen LogP contribution is -2.44. The summed E-state index contributed by atoms with van der Waals surface area (Å²) < 4.78 is 12.1. The van der Waals surface area contributed by atoms with Gasteiger partial charge in [0.25, 0.3) is 0 Å². The van der Waals surface area contributed by atoms with Crippen molar-refractivity contribution in [3.63, 3.8) is 0 Å². The molecule has 5 rings (SSSR count). The first-order valence-electron chi connectivity index (χ1n) is 11.0. The summed E-state index contributed by atoms with van der Waals surface area (Å²) in [5.41, 5.74) is 2.45. The monoisotopic (exact) mass is 430 g/mol. The lowest BCUT2D eigenvalue weighted by molar-refractivity contribution is 0.123. The van der Waals surface area contributed by atoms with Gasteiger partial charge in [0.2, 0.25) is 0 Å². The predicted molar refractivity (Wildman–Crippen MR) is 120 cm³/mol. The molecule has 1 aromatic carbocycles. The van der Waals surface area contributed by atoms with Crippen LogP contribution in [-0.2, 0) is 4.74 Å². The highest BCUT2D eigenvalue weighted by Crippen LogP contribution is 2.46. The topological polar surface area (TPSA) is 66.9 Å². The number of methoxy groups -OCH3 is 1.